The van der Waals surface area contributed by atoms with Crippen molar-refractivity contribution < 1.29 is 9.90 Å². The molecule has 0 fully saturated rings. The number of allylic oxidation sites excluding steroid dienone is 1. The predicted molar refractivity (Wildman–Crippen MR) is 55.2 cm³/mol. The zero-order valence-electron chi connectivity index (χ0n) is 8.03. The second-order valence-electron chi connectivity index (χ2n) is 3.70. The van der Waals surface area contributed by atoms with Crippen molar-refractivity contribution in [1.82, 2.24) is 0 Å². The zero-order valence-corrected chi connectivity index (χ0v) is 8.03. The van der Waals surface area contributed by atoms with Crippen molar-refractivity contribution in [1.29, 1.82) is 0 Å². The van der Waals surface area contributed by atoms with Crippen LogP contribution in [-0.4, -0.2) is 11.1 Å². The lowest BCUT2D eigenvalue weighted by Gasteiger charge is -2.08. The fourth-order valence-corrected chi connectivity index (χ4v) is 1.87. The van der Waals surface area contributed by atoms with E-state index in [4.69, 9.17) is 5.11 Å². The number of carbonyl (C=O) groups is 1. The molecule has 0 bridgehead atoms. The number of aryl methyl sites for hydroxylation is 1. The first kappa shape index (κ1) is 9.00. The van der Waals surface area contributed by atoms with Gasteiger partial charge in [0.1, 0.15) is 0 Å². The third-order valence-corrected chi connectivity index (χ3v) is 2.54. The summed E-state index contributed by atoms with van der Waals surface area (Å²) in [5.74, 6) is -0.684. The van der Waals surface area contributed by atoms with Gasteiger partial charge in [0, 0.05) is 5.92 Å². The first-order valence-electron chi connectivity index (χ1n) is 4.67. The van der Waals surface area contributed by atoms with Gasteiger partial charge in [-0.15, -0.1) is 0 Å². The predicted octanol–water partition coefficient (Wildman–Crippen LogP) is 2.58. The first-order chi connectivity index (χ1) is 6.66. The molecule has 0 saturated carbocycles. The van der Waals surface area contributed by atoms with E-state index >= 15 is 0 Å². The molecule has 0 radical (unpaired) electrons. The fraction of sp³-hybridized carbons (Fsp3) is 0.250. The van der Waals surface area contributed by atoms with Gasteiger partial charge in [-0.3, -0.25) is 4.79 Å². The van der Waals surface area contributed by atoms with Gasteiger partial charge in [-0.05, 0) is 18.1 Å². The molecule has 0 aliphatic heterocycles. The van der Waals surface area contributed by atoms with Crippen LogP contribution in [0.2, 0.25) is 0 Å². The Morgan fingerprint density at radius 1 is 1.50 bits per heavy atom. The molecular weight excluding hydrogens is 176 g/mol. The molecule has 1 aliphatic rings. The van der Waals surface area contributed by atoms with Crippen LogP contribution in [0.15, 0.2) is 24.3 Å². The average molecular weight is 188 g/mol. The van der Waals surface area contributed by atoms with Crippen LogP contribution in [0, 0.1) is 6.92 Å². The van der Waals surface area contributed by atoms with Gasteiger partial charge >= 0.3 is 5.97 Å². The van der Waals surface area contributed by atoms with E-state index in [0.29, 0.717) is 0 Å². The lowest BCUT2D eigenvalue weighted by atomic mass is 9.97. The van der Waals surface area contributed by atoms with Gasteiger partial charge in [0.05, 0.1) is 6.42 Å². The van der Waals surface area contributed by atoms with Crippen molar-refractivity contribution in [2.75, 3.05) is 0 Å². The van der Waals surface area contributed by atoms with Crippen LogP contribution in [0.4, 0.5) is 0 Å². The minimum absolute atomic E-state index is 0.0584. The molecule has 1 aromatic rings. The van der Waals surface area contributed by atoms with Crippen LogP contribution in [0.25, 0.3) is 6.08 Å². The summed E-state index contributed by atoms with van der Waals surface area (Å²) in [7, 11) is 0. The molecule has 0 amide bonds. The number of rotatable bonds is 2. The molecule has 2 nitrogen and oxygen atoms in total. The van der Waals surface area contributed by atoms with Crippen molar-refractivity contribution >= 4 is 12.0 Å². The van der Waals surface area contributed by atoms with Crippen LogP contribution < -0.4 is 0 Å². The molecule has 1 N–H and O–H groups in total. The van der Waals surface area contributed by atoms with Crippen molar-refractivity contribution in [2.45, 2.75) is 19.3 Å². The van der Waals surface area contributed by atoms with E-state index in [0.717, 1.165) is 11.1 Å². The highest BCUT2D eigenvalue weighted by molar-refractivity contribution is 5.72. The van der Waals surface area contributed by atoms with Crippen LogP contribution in [0.1, 0.15) is 29.0 Å². The van der Waals surface area contributed by atoms with Crippen LogP contribution in [0.5, 0.6) is 0 Å². The molecule has 1 atom stereocenters. The molecule has 1 unspecified atom stereocenters. The molecule has 0 aromatic heterocycles. The van der Waals surface area contributed by atoms with Crippen LogP contribution in [0.3, 0.4) is 0 Å². The highest BCUT2D eigenvalue weighted by Gasteiger charge is 2.19. The van der Waals surface area contributed by atoms with E-state index in [1.54, 1.807) is 0 Å². The number of benzene rings is 1. The minimum atomic E-state index is -0.743. The molecule has 2 rings (SSSR count). The Kier molecular flexibility index (Phi) is 2.12. The van der Waals surface area contributed by atoms with Gasteiger partial charge in [-0.25, -0.2) is 0 Å². The lowest BCUT2D eigenvalue weighted by Crippen LogP contribution is -2.02. The molecule has 2 heteroatoms. The Bertz CT molecular complexity index is 405. The Hall–Kier alpha value is -1.57. The Labute approximate surface area is 82.9 Å². The minimum Gasteiger partial charge on any atom is -0.481 e. The van der Waals surface area contributed by atoms with Crippen molar-refractivity contribution in [3.05, 3.63) is 41.0 Å². The standard InChI is InChI=1S/C12H12O2/c1-8-2-5-11-9(6-8)3-4-10(11)7-12(13)14/h2-6,10H,7H2,1H3,(H,13,14). The second kappa shape index (κ2) is 3.29. The van der Waals surface area contributed by atoms with E-state index in [1.165, 1.54) is 5.56 Å². The summed E-state index contributed by atoms with van der Waals surface area (Å²) < 4.78 is 0. The largest absolute Gasteiger partial charge is 0.481 e. The van der Waals surface area contributed by atoms with Gasteiger partial charge in [0.15, 0.2) is 0 Å². The molecule has 0 spiro atoms. The summed E-state index contributed by atoms with van der Waals surface area (Å²) in [5.41, 5.74) is 3.51. The van der Waals surface area contributed by atoms with E-state index in [-0.39, 0.29) is 12.3 Å². The molecule has 1 aliphatic carbocycles. The summed E-state index contributed by atoms with van der Waals surface area (Å²) in [6.45, 7) is 2.04. The summed E-state index contributed by atoms with van der Waals surface area (Å²) in [5, 5.41) is 8.72. The Morgan fingerprint density at radius 2 is 2.29 bits per heavy atom. The molecule has 72 valence electrons. The fourth-order valence-electron chi connectivity index (χ4n) is 1.87. The van der Waals surface area contributed by atoms with E-state index in [1.807, 2.05) is 31.2 Å². The maximum absolute atomic E-state index is 10.6. The van der Waals surface area contributed by atoms with E-state index in [9.17, 15) is 4.79 Å². The summed E-state index contributed by atoms with van der Waals surface area (Å²) in [6.07, 6.45) is 4.17. The van der Waals surface area contributed by atoms with Crippen molar-refractivity contribution in [2.24, 2.45) is 0 Å². The third-order valence-electron chi connectivity index (χ3n) is 2.54. The smallest absolute Gasteiger partial charge is 0.304 e. The molecule has 0 saturated heterocycles. The first-order valence-corrected chi connectivity index (χ1v) is 4.67. The summed E-state index contributed by atoms with van der Waals surface area (Å²) >= 11 is 0. The number of hydrogen-bond donors (Lipinski definition) is 1. The second-order valence-corrected chi connectivity index (χ2v) is 3.70. The van der Waals surface area contributed by atoms with Crippen LogP contribution in [-0.2, 0) is 4.79 Å². The highest BCUT2D eigenvalue weighted by atomic mass is 16.4. The quantitative estimate of drug-likeness (QED) is 0.774. The maximum atomic E-state index is 10.6. The van der Waals surface area contributed by atoms with Gasteiger partial charge in [0.2, 0.25) is 0 Å². The number of carboxylic acids is 1. The van der Waals surface area contributed by atoms with Gasteiger partial charge < -0.3 is 5.11 Å². The SMILES string of the molecule is Cc1ccc2c(c1)C=CC2CC(=O)O. The van der Waals surface area contributed by atoms with Gasteiger partial charge in [-0.2, -0.15) is 0 Å². The third kappa shape index (κ3) is 1.55. The summed E-state index contributed by atoms with van der Waals surface area (Å²) in [6, 6.07) is 6.15. The molecule has 1 aromatic carbocycles. The number of hydrogen-bond acceptors (Lipinski definition) is 1. The van der Waals surface area contributed by atoms with Crippen LogP contribution >= 0.6 is 0 Å². The molecule has 0 heterocycles. The van der Waals surface area contributed by atoms with Gasteiger partial charge in [-0.1, -0.05) is 35.9 Å². The number of carboxylic acid groups (broad SMARTS) is 1. The maximum Gasteiger partial charge on any atom is 0.304 e. The topological polar surface area (TPSA) is 37.3 Å². The average Bonchev–Trinajstić information content (AvgIpc) is 2.47. The Morgan fingerprint density at radius 3 is 3.00 bits per heavy atom. The van der Waals surface area contributed by atoms with Gasteiger partial charge in [0.25, 0.3) is 0 Å². The Balaban J connectivity index is 2.31. The lowest BCUT2D eigenvalue weighted by molar-refractivity contribution is -0.137. The normalized spacial score (nSPS) is 18.2. The zero-order chi connectivity index (χ0) is 10.1. The van der Waals surface area contributed by atoms with E-state index in [2.05, 4.69) is 6.07 Å². The molecular formula is C12H12O2. The highest BCUT2D eigenvalue weighted by Crippen LogP contribution is 2.32. The summed E-state index contributed by atoms with van der Waals surface area (Å²) in [4.78, 5) is 10.6. The van der Waals surface area contributed by atoms with Crippen molar-refractivity contribution in [3.63, 3.8) is 0 Å². The monoisotopic (exact) mass is 188 g/mol. The van der Waals surface area contributed by atoms with Crippen molar-refractivity contribution in [3.8, 4) is 0 Å². The number of fused-ring (bicyclic) bond motifs is 1. The van der Waals surface area contributed by atoms with E-state index < -0.39 is 5.97 Å². The number of aliphatic carboxylic acids is 1. The molecule has 14 heavy (non-hydrogen) atoms.